The van der Waals surface area contributed by atoms with Gasteiger partial charge < -0.3 is 19.6 Å². The van der Waals surface area contributed by atoms with E-state index in [0.717, 1.165) is 82.7 Å². The molecule has 0 bridgehead atoms. The molecule has 32 heavy (non-hydrogen) atoms. The third-order valence-corrected chi connectivity index (χ3v) is 6.72. The van der Waals surface area contributed by atoms with Crippen molar-refractivity contribution in [2.24, 2.45) is 5.92 Å². The minimum atomic E-state index is 0.111. The Morgan fingerprint density at radius 2 is 1.84 bits per heavy atom. The molecule has 1 aromatic heterocycles. The third-order valence-electron chi connectivity index (χ3n) is 6.72. The lowest BCUT2D eigenvalue weighted by Crippen LogP contribution is -2.45. The molecule has 1 aromatic carbocycles. The van der Waals surface area contributed by atoms with E-state index in [2.05, 4.69) is 37.2 Å². The van der Waals surface area contributed by atoms with E-state index >= 15 is 0 Å². The largest absolute Gasteiger partial charge is 0.356 e. The molecule has 2 fully saturated rings. The Hall–Kier alpha value is -2.29. The number of hydrogen-bond acceptors (Lipinski definition) is 7. The highest BCUT2D eigenvalue weighted by Gasteiger charge is 2.26. The fraction of sp³-hybridized carbons (Fsp3) is 0.625. The summed E-state index contributed by atoms with van der Waals surface area (Å²) in [4.78, 5) is 24.3. The molecule has 2 aliphatic rings. The lowest BCUT2D eigenvalue weighted by atomic mass is 9.96. The van der Waals surface area contributed by atoms with E-state index in [1.807, 2.05) is 31.2 Å². The second-order valence-corrected chi connectivity index (χ2v) is 9.17. The lowest BCUT2D eigenvalue weighted by Gasteiger charge is -2.32. The zero-order chi connectivity index (χ0) is 22.3. The van der Waals surface area contributed by atoms with Crippen LogP contribution >= 0.6 is 0 Å². The van der Waals surface area contributed by atoms with Gasteiger partial charge in [-0.25, -0.2) is 0 Å². The predicted molar refractivity (Wildman–Crippen MR) is 124 cm³/mol. The summed E-state index contributed by atoms with van der Waals surface area (Å²) in [5, 5.41) is 7.31. The first-order chi connectivity index (χ1) is 15.6. The van der Waals surface area contributed by atoms with Gasteiger partial charge in [-0.2, -0.15) is 4.98 Å². The van der Waals surface area contributed by atoms with E-state index < -0.39 is 0 Å². The molecule has 0 unspecified atom stereocenters. The highest BCUT2D eigenvalue weighted by Crippen LogP contribution is 2.22. The molecule has 0 aliphatic carbocycles. The van der Waals surface area contributed by atoms with E-state index in [0.29, 0.717) is 18.3 Å². The SMILES string of the molecule is Cc1ccccc1-c1noc(CN2CCC(C(=O)NCCCN3CCN(C)CC3)CC2)n1. The highest BCUT2D eigenvalue weighted by atomic mass is 16.5. The molecule has 3 heterocycles. The molecular weight excluding hydrogens is 404 g/mol. The molecule has 2 aliphatic heterocycles. The van der Waals surface area contributed by atoms with Gasteiger partial charge in [-0.3, -0.25) is 9.69 Å². The summed E-state index contributed by atoms with van der Waals surface area (Å²) in [5.41, 5.74) is 2.14. The number of hydrogen-bond donors (Lipinski definition) is 1. The van der Waals surface area contributed by atoms with E-state index in [1.165, 1.54) is 0 Å². The average molecular weight is 441 g/mol. The molecule has 0 atom stereocenters. The van der Waals surface area contributed by atoms with Gasteiger partial charge in [-0.1, -0.05) is 29.4 Å². The fourth-order valence-corrected chi connectivity index (χ4v) is 4.53. The average Bonchev–Trinajstić information content (AvgIpc) is 3.27. The van der Waals surface area contributed by atoms with E-state index in [-0.39, 0.29) is 11.8 Å². The smallest absolute Gasteiger partial charge is 0.241 e. The molecule has 1 amide bonds. The number of nitrogens with one attached hydrogen (secondary N) is 1. The number of carbonyl (C=O) groups excluding carboxylic acids is 1. The number of amides is 1. The van der Waals surface area contributed by atoms with Gasteiger partial charge in [0.15, 0.2) is 0 Å². The molecular formula is C24H36N6O2. The molecule has 0 spiro atoms. The Morgan fingerprint density at radius 1 is 1.09 bits per heavy atom. The topological polar surface area (TPSA) is 77.7 Å². The molecule has 4 rings (SSSR count). The number of benzene rings is 1. The van der Waals surface area contributed by atoms with Crippen molar-refractivity contribution in [2.75, 3.05) is 59.4 Å². The number of rotatable bonds is 8. The minimum Gasteiger partial charge on any atom is -0.356 e. The molecule has 0 saturated carbocycles. The molecule has 2 saturated heterocycles. The first kappa shape index (κ1) is 22.9. The Labute approximate surface area is 190 Å². The number of piperazine rings is 1. The Bertz CT molecular complexity index is 869. The van der Waals surface area contributed by atoms with Crippen LogP contribution in [0.2, 0.25) is 0 Å². The normalized spacial score (nSPS) is 19.3. The summed E-state index contributed by atoms with van der Waals surface area (Å²) >= 11 is 0. The number of aryl methyl sites for hydroxylation is 1. The first-order valence-electron chi connectivity index (χ1n) is 11.9. The number of piperidine rings is 1. The van der Waals surface area contributed by atoms with Gasteiger partial charge in [0.2, 0.25) is 17.6 Å². The molecule has 1 N–H and O–H groups in total. The van der Waals surface area contributed by atoms with Crippen molar-refractivity contribution in [1.82, 2.24) is 30.2 Å². The van der Waals surface area contributed by atoms with Crippen LogP contribution < -0.4 is 5.32 Å². The van der Waals surface area contributed by atoms with Gasteiger partial charge in [0.1, 0.15) is 0 Å². The van der Waals surface area contributed by atoms with Crippen LogP contribution in [-0.4, -0.2) is 90.2 Å². The first-order valence-corrected chi connectivity index (χ1v) is 11.9. The van der Waals surface area contributed by atoms with Crippen molar-refractivity contribution in [3.63, 3.8) is 0 Å². The summed E-state index contributed by atoms with van der Waals surface area (Å²) < 4.78 is 5.48. The Kier molecular flexibility index (Phi) is 7.89. The van der Waals surface area contributed by atoms with E-state index in [9.17, 15) is 4.79 Å². The number of likely N-dealkylation sites (N-methyl/N-ethyl adjacent to an activating group) is 1. The Morgan fingerprint density at radius 3 is 2.59 bits per heavy atom. The van der Waals surface area contributed by atoms with Crippen molar-refractivity contribution >= 4 is 5.91 Å². The monoisotopic (exact) mass is 440 g/mol. The van der Waals surface area contributed by atoms with Crippen LogP contribution in [0.25, 0.3) is 11.4 Å². The standard InChI is InChI=1S/C24H36N6O2/c1-19-6-3-4-7-21(19)23-26-22(32-27-23)18-30-12-8-20(9-13-30)24(31)25-10-5-11-29-16-14-28(2)15-17-29/h3-4,6-7,20H,5,8-18H2,1-2H3,(H,25,31). The van der Waals surface area contributed by atoms with Crippen LogP contribution in [0.5, 0.6) is 0 Å². The van der Waals surface area contributed by atoms with Gasteiger partial charge in [0.05, 0.1) is 6.54 Å². The number of likely N-dealkylation sites (tertiary alicyclic amines) is 1. The van der Waals surface area contributed by atoms with Gasteiger partial charge in [0, 0.05) is 44.2 Å². The maximum absolute atomic E-state index is 12.6. The van der Waals surface area contributed by atoms with Crippen molar-refractivity contribution in [3.05, 3.63) is 35.7 Å². The summed E-state index contributed by atoms with van der Waals surface area (Å²) in [6.07, 6.45) is 2.78. The summed E-state index contributed by atoms with van der Waals surface area (Å²) in [6, 6.07) is 8.06. The highest BCUT2D eigenvalue weighted by molar-refractivity contribution is 5.78. The second-order valence-electron chi connectivity index (χ2n) is 9.17. The third kappa shape index (κ3) is 6.15. The van der Waals surface area contributed by atoms with Gasteiger partial charge >= 0.3 is 0 Å². The van der Waals surface area contributed by atoms with E-state index in [4.69, 9.17) is 4.52 Å². The predicted octanol–water partition coefficient (Wildman–Crippen LogP) is 2.01. The van der Waals surface area contributed by atoms with Crippen molar-refractivity contribution < 1.29 is 9.32 Å². The molecule has 8 nitrogen and oxygen atoms in total. The lowest BCUT2D eigenvalue weighted by molar-refractivity contribution is -0.126. The van der Waals surface area contributed by atoms with Crippen LogP contribution in [0.1, 0.15) is 30.7 Å². The Balaban J connectivity index is 1.14. The van der Waals surface area contributed by atoms with Crippen LogP contribution in [0.4, 0.5) is 0 Å². The van der Waals surface area contributed by atoms with Crippen LogP contribution in [0, 0.1) is 12.8 Å². The zero-order valence-electron chi connectivity index (χ0n) is 19.4. The van der Waals surface area contributed by atoms with Gasteiger partial charge in [-0.05, 0) is 58.4 Å². The molecule has 0 radical (unpaired) electrons. The molecule has 174 valence electrons. The van der Waals surface area contributed by atoms with Crippen molar-refractivity contribution in [3.8, 4) is 11.4 Å². The molecule has 2 aromatic rings. The maximum atomic E-state index is 12.6. The second kappa shape index (κ2) is 11.0. The van der Waals surface area contributed by atoms with Crippen molar-refractivity contribution in [2.45, 2.75) is 32.7 Å². The summed E-state index contributed by atoms with van der Waals surface area (Å²) in [7, 11) is 2.17. The maximum Gasteiger partial charge on any atom is 0.241 e. The number of carbonyl (C=O) groups is 1. The van der Waals surface area contributed by atoms with Crippen LogP contribution in [0.3, 0.4) is 0 Å². The summed E-state index contributed by atoms with van der Waals surface area (Å²) in [5.74, 6) is 1.60. The number of nitrogens with zero attached hydrogens (tertiary/aromatic N) is 5. The quantitative estimate of drug-likeness (QED) is 0.629. The van der Waals surface area contributed by atoms with Crippen LogP contribution in [-0.2, 0) is 11.3 Å². The minimum absolute atomic E-state index is 0.111. The summed E-state index contributed by atoms with van der Waals surface area (Å²) in [6.45, 7) is 10.8. The van der Waals surface area contributed by atoms with Crippen LogP contribution in [0.15, 0.2) is 28.8 Å². The fourth-order valence-electron chi connectivity index (χ4n) is 4.53. The number of aromatic nitrogens is 2. The van der Waals surface area contributed by atoms with Gasteiger partial charge in [-0.15, -0.1) is 0 Å². The zero-order valence-corrected chi connectivity index (χ0v) is 19.4. The van der Waals surface area contributed by atoms with Gasteiger partial charge in [0.25, 0.3) is 0 Å². The molecule has 8 heteroatoms. The van der Waals surface area contributed by atoms with E-state index in [1.54, 1.807) is 0 Å². The van der Waals surface area contributed by atoms with Crippen molar-refractivity contribution in [1.29, 1.82) is 0 Å².